The average molecular weight is 106 g/mol. The van der Waals surface area contributed by atoms with Gasteiger partial charge in [0.25, 0.3) is 0 Å². The Balaban J connectivity index is 0. The van der Waals surface area contributed by atoms with Gasteiger partial charge in [-0.05, 0) is 13.8 Å². The Morgan fingerprint density at radius 2 is 2.00 bits per heavy atom. The van der Waals surface area contributed by atoms with E-state index in [0.29, 0.717) is 0 Å². The smallest absolute Gasteiger partial charge is 0.155 e. The molecule has 0 atom stereocenters. The topological polar surface area (TPSA) is 73.7 Å². The molecule has 0 unspecified atom stereocenters. The van der Waals surface area contributed by atoms with Gasteiger partial charge in [-0.15, -0.1) is 4.91 Å². The highest BCUT2D eigenvalue weighted by Crippen LogP contribution is 1.84. The maximum atomic E-state index is 9.14. The second kappa shape index (κ2) is 5.36. The van der Waals surface area contributed by atoms with E-state index in [1.807, 2.05) is 0 Å². The lowest BCUT2D eigenvalue weighted by atomic mass is 10.5. The summed E-state index contributed by atoms with van der Waals surface area (Å²) in [5.41, 5.74) is 0. The van der Waals surface area contributed by atoms with Gasteiger partial charge in [-0.25, -0.2) is 0 Å². The molecule has 0 bridgehead atoms. The van der Waals surface area contributed by atoms with Gasteiger partial charge in [0.1, 0.15) is 6.10 Å². The molecule has 0 spiro atoms. The van der Waals surface area contributed by atoms with Crippen LogP contribution in [0.4, 0.5) is 0 Å². The molecule has 7 heavy (non-hydrogen) atoms. The molecule has 0 saturated heterocycles. The van der Waals surface area contributed by atoms with Gasteiger partial charge in [-0.2, -0.15) is 0 Å². The molecule has 0 aromatic rings. The minimum Gasteiger partial charge on any atom is -0.361 e. The molecule has 0 rings (SSSR count). The fourth-order valence-corrected chi connectivity index (χ4v) is 0.0861. The fourth-order valence-electron chi connectivity index (χ4n) is 0.0861. The van der Waals surface area contributed by atoms with Crippen molar-refractivity contribution in [1.82, 2.24) is 6.15 Å². The van der Waals surface area contributed by atoms with Gasteiger partial charge in [0.2, 0.25) is 0 Å². The molecule has 4 nitrogen and oxygen atoms in total. The zero-order chi connectivity index (χ0) is 4.99. The normalized spacial score (nSPS) is 7.29. The van der Waals surface area contributed by atoms with Crippen LogP contribution in [0, 0.1) is 4.91 Å². The number of rotatable bonds is 2. The van der Waals surface area contributed by atoms with Crippen molar-refractivity contribution < 1.29 is 4.84 Å². The monoisotopic (exact) mass is 106 g/mol. The van der Waals surface area contributed by atoms with Crippen LogP contribution in [-0.4, -0.2) is 6.10 Å². The predicted octanol–water partition coefficient (Wildman–Crippen LogP) is 1.25. The summed E-state index contributed by atoms with van der Waals surface area (Å²) in [5.74, 6) is 0. The molecule has 4 heteroatoms. The van der Waals surface area contributed by atoms with Gasteiger partial charge >= 0.3 is 0 Å². The third kappa shape index (κ3) is 10.9. The lowest BCUT2D eigenvalue weighted by Gasteiger charge is -1.92. The van der Waals surface area contributed by atoms with E-state index in [4.69, 9.17) is 4.91 Å². The molecular formula is C3H10N2O2. The van der Waals surface area contributed by atoms with E-state index in [-0.39, 0.29) is 12.3 Å². The average Bonchev–Trinajstić information content (AvgIpc) is 1.35. The number of hydrogen-bond donors (Lipinski definition) is 1. The maximum absolute atomic E-state index is 9.14. The van der Waals surface area contributed by atoms with E-state index in [9.17, 15) is 0 Å². The summed E-state index contributed by atoms with van der Waals surface area (Å²) in [6, 6.07) is 0. The first-order chi connectivity index (χ1) is 2.77. The Labute approximate surface area is 42.4 Å². The largest absolute Gasteiger partial charge is 0.361 e. The Morgan fingerprint density at radius 1 is 1.57 bits per heavy atom. The van der Waals surface area contributed by atoms with E-state index < -0.39 is 0 Å². The molecular weight excluding hydrogens is 96.0 g/mol. The predicted molar refractivity (Wildman–Crippen MR) is 27.0 cm³/mol. The highest BCUT2D eigenvalue weighted by Gasteiger charge is 1.85. The maximum Gasteiger partial charge on any atom is 0.155 e. The number of hydrogen-bond acceptors (Lipinski definition) is 4. The van der Waals surface area contributed by atoms with Crippen LogP contribution in [0.5, 0.6) is 0 Å². The lowest BCUT2D eigenvalue weighted by Crippen LogP contribution is -1.93. The first-order valence-corrected chi connectivity index (χ1v) is 1.76. The molecule has 0 saturated carbocycles. The van der Waals surface area contributed by atoms with E-state index in [0.717, 1.165) is 0 Å². The van der Waals surface area contributed by atoms with Crippen molar-refractivity contribution >= 4 is 0 Å². The number of nitrogens with zero attached hydrogens (tertiary/aromatic N) is 1. The molecule has 0 aromatic heterocycles. The molecule has 3 N–H and O–H groups in total. The van der Waals surface area contributed by atoms with Gasteiger partial charge in [0.05, 0.1) is 0 Å². The minimum absolute atomic E-state index is 0. The van der Waals surface area contributed by atoms with Crippen LogP contribution in [0.1, 0.15) is 13.8 Å². The summed E-state index contributed by atoms with van der Waals surface area (Å²) in [6.45, 7) is 3.48. The van der Waals surface area contributed by atoms with E-state index in [1.165, 1.54) is 0 Å². The third-order valence-corrected chi connectivity index (χ3v) is 0.254. The molecule has 0 amide bonds. The second-order valence-corrected chi connectivity index (χ2v) is 1.23. The van der Waals surface area contributed by atoms with Crippen LogP contribution in [0.15, 0.2) is 5.34 Å². The van der Waals surface area contributed by atoms with Crippen molar-refractivity contribution in [2.75, 3.05) is 0 Å². The van der Waals surface area contributed by atoms with Crippen molar-refractivity contribution in [1.29, 1.82) is 0 Å². The fraction of sp³-hybridized carbons (Fsp3) is 1.00. The van der Waals surface area contributed by atoms with Crippen molar-refractivity contribution in [2.24, 2.45) is 5.34 Å². The summed E-state index contributed by atoms with van der Waals surface area (Å²) in [4.78, 5) is 13.3. The Kier molecular flexibility index (Phi) is 7.36. The molecule has 44 valence electrons. The Bertz CT molecular complexity index is 46.2. The molecule has 0 radical (unpaired) electrons. The molecule has 0 heterocycles. The summed E-state index contributed by atoms with van der Waals surface area (Å²) in [5, 5.41) is 2.19. The SMILES string of the molecule is CC(C)ON=O.N. The van der Waals surface area contributed by atoms with Crippen LogP contribution in [0.3, 0.4) is 0 Å². The van der Waals surface area contributed by atoms with Gasteiger partial charge < -0.3 is 11.0 Å². The van der Waals surface area contributed by atoms with Crippen LogP contribution in [0.2, 0.25) is 0 Å². The highest BCUT2D eigenvalue weighted by molar-refractivity contribution is 4.28. The van der Waals surface area contributed by atoms with Crippen LogP contribution < -0.4 is 6.15 Å². The quantitative estimate of drug-likeness (QED) is 0.425. The highest BCUT2D eigenvalue weighted by atomic mass is 16.7. The standard InChI is InChI=1S/C3H7NO2.H3N/c1-3(2)6-4-5;/h3H,1-2H3;1H3. The van der Waals surface area contributed by atoms with E-state index in [1.54, 1.807) is 13.8 Å². The van der Waals surface area contributed by atoms with Gasteiger partial charge in [-0.3, -0.25) is 0 Å². The molecule has 0 fully saturated rings. The van der Waals surface area contributed by atoms with Crippen molar-refractivity contribution in [2.45, 2.75) is 20.0 Å². The minimum atomic E-state index is -0.0810. The van der Waals surface area contributed by atoms with Crippen molar-refractivity contribution in [3.63, 3.8) is 0 Å². The van der Waals surface area contributed by atoms with E-state index >= 15 is 0 Å². The van der Waals surface area contributed by atoms with Gasteiger partial charge in [0, 0.05) is 0 Å². The zero-order valence-electron chi connectivity index (χ0n) is 4.55. The zero-order valence-corrected chi connectivity index (χ0v) is 4.55. The molecule has 0 aliphatic heterocycles. The van der Waals surface area contributed by atoms with Crippen molar-refractivity contribution in [3.05, 3.63) is 4.91 Å². The molecule has 0 aliphatic carbocycles. The summed E-state index contributed by atoms with van der Waals surface area (Å²) >= 11 is 0. The van der Waals surface area contributed by atoms with Crippen LogP contribution >= 0.6 is 0 Å². The van der Waals surface area contributed by atoms with Gasteiger partial charge in [-0.1, -0.05) is 0 Å². The molecule has 0 aliphatic rings. The third-order valence-electron chi connectivity index (χ3n) is 0.254. The van der Waals surface area contributed by atoms with E-state index in [2.05, 4.69) is 10.2 Å². The first kappa shape index (κ1) is 9.61. The van der Waals surface area contributed by atoms with Crippen LogP contribution in [-0.2, 0) is 4.84 Å². The first-order valence-electron chi connectivity index (χ1n) is 1.76. The summed E-state index contributed by atoms with van der Waals surface area (Å²) in [7, 11) is 0. The molecule has 0 aromatic carbocycles. The van der Waals surface area contributed by atoms with Crippen molar-refractivity contribution in [3.8, 4) is 0 Å². The Morgan fingerprint density at radius 3 is 2.00 bits per heavy atom. The lowest BCUT2D eigenvalue weighted by molar-refractivity contribution is 0.0819. The van der Waals surface area contributed by atoms with Gasteiger partial charge in [0.15, 0.2) is 5.34 Å². The summed E-state index contributed by atoms with van der Waals surface area (Å²) < 4.78 is 0. The Hall–Kier alpha value is -0.640. The summed E-state index contributed by atoms with van der Waals surface area (Å²) in [6.07, 6.45) is -0.0810. The second-order valence-electron chi connectivity index (χ2n) is 1.23. The van der Waals surface area contributed by atoms with Crippen LogP contribution in [0.25, 0.3) is 0 Å².